The van der Waals surface area contributed by atoms with Gasteiger partial charge in [0.05, 0.1) is 6.10 Å². The van der Waals surface area contributed by atoms with E-state index in [0.29, 0.717) is 5.75 Å². The summed E-state index contributed by atoms with van der Waals surface area (Å²) in [6, 6.07) is 10.6. The molecular formula is C15H24OS. The summed E-state index contributed by atoms with van der Waals surface area (Å²) in [4.78, 5) is 0. The molecule has 96 valence electrons. The highest BCUT2D eigenvalue weighted by atomic mass is 32.1. The third kappa shape index (κ3) is 5.13. The highest BCUT2D eigenvalue weighted by Gasteiger charge is 2.25. The van der Waals surface area contributed by atoms with E-state index in [2.05, 4.69) is 56.8 Å². The summed E-state index contributed by atoms with van der Waals surface area (Å²) in [5.41, 5.74) is 1.39. The fourth-order valence-electron chi connectivity index (χ4n) is 1.97. The number of unbranched alkanes of at least 4 members (excludes halogenated alkanes) is 1. The minimum Gasteiger partial charge on any atom is -0.392 e. The second-order valence-electron chi connectivity index (χ2n) is 5.38. The largest absolute Gasteiger partial charge is 0.392 e. The Bertz CT molecular complexity index is 308. The number of rotatable bonds is 7. The van der Waals surface area contributed by atoms with Gasteiger partial charge in [-0.2, -0.15) is 12.6 Å². The van der Waals surface area contributed by atoms with Crippen LogP contribution in [0.5, 0.6) is 0 Å². The molecule has 0 aliphatic carbocycles. The molecule has 1 N–H and O–H groups in total. The normalized spacial score (nSPS) is 13.6. The maximum atomic E-state index is 9.83. The van der Waals surface area contributed by atoms with Crippen LogP contribution < -0.4 is 0 Å². The lowest BCUT2D eigenvalue weighted by Gasteiger charge is -2.29. The molecule has 0 heterocycles. The SMILES string of the molecule is CC(C)(CCCCc1ccccc1)C(O)CS. The first-order valence-corrected chi connectivity index (χ1v) is 7.02. The van der Waals surface area contributed by atoms with Crippen LogP contribution in [0, 0.1) is 5.41 Å². The second-order valence-corrected chi connectivity index (χ2v) is 5.74. The van der Waals surface area contributed by atoms with Crippen molar-refractivity contribution in [3.8, 4) is 0 Å². The Morgan fingerprint density at radius 2 is 1.82 bits per heavy atom. The molecule has 0 spiro atoms. The van der Waals surface area contributed by atoms with Gasteiger partial charge in [-0.3, -0.25) is 0 Å². The molecule has 0 aromatic heterocycles. The quantitative estimate of drug-likeness (QED) is 0.560. The molecule has 0 bridgehead atoms. The number of hydrogen-bond acceptors (Lipinski definition) is 2. The average Bonchev–Trinajstić information content (AvgIpc) is 2.35. The van der Waals surface area contributed by atoms with E-state index >= 15 is 0 Å². The molecule has 0 fully saturated rings. The maximum absolute atomic E-state index is 9.83. The molecule has 0 saturated carbocycles. The molecule has 0 amide bonds. The Kier molecular flexibility index (Phi) is 6.07. The van der Waals surface area contributed by atoms with Gasteiger partial charge in [-0.05, 0) is 30.2 Å². The third-order valence-corrected chi connectivity index (χ3v) is 3.80. The van der Waals surface area contributed by atoms with Crippen LogP contribution in [0.1, 0.15) is 38.7 Å². The van der Waals surface area contributed by atoms with Crippen LogP contribution in [0.25, 0.3) is 0 Å². The molecule has 1 unspecified atom stereocenters. The number of benzene rings is 1. The smallest absolute Gasteiger partial charge is 0.0678 e. The molecule has 0 aliphatic heterocycles. The predicted octanol–water partition coefficient (Wildman–Crippen LogP) is 3.72. The van der Waals surface area contributed by atoms with Gasteiger partial charge in [-0.15, -0.1) is 0 Å². The van der Waals surface area contributed by atoms with Crippen LogP contribution >= 0.6 is 12.6 Å². The zero-order valence-corrected chi connectivity index (χ0v) is 11.8. The number of aliphatic hydroxyl groups excluding tert-OH is 1. The van der Waals surface area contributed by atoms with E-state index in [1.54, 1.807) is 0 Å². The van der Waals surface area contributed by atoms with Crippen LogP contribution in [0.2, 0.25) is 0 Å². The van der Waals surface area contributed by atoms with E-state index in [9.17, 15) is 5.11 Å². The predicted molar refractivity (Wildman–Crippen MR) is 77.6 cm³/mol. The molecular weight excluding hydrogens is 228 g/mol. The molecule has 1 atom stereocenters. The van der Waals surface area contributed by atoms with Crippen molar-refractivity contribution in [2.75, 3.05) is 5.75 Å². The number of thiol groups is 1. The summed E-state index contributed by atoms with van der Waals surface area (Å²) >= 11 is 4.16. The summed E-state index contributed by atoms with van der Waals surface area (Å²) in [7, 11) is 0. The molecule has 2 heteroatoms. The van der Waals surface area contributed by atoms with Crippen molar-refractivity contribution in [1.82, 2.24) is 0 Å². The molecule has 0 aliphatic rings. The van der Waals surface area contributed by atoms with Gasteiger partial charge in [0.25, 0.3) is 0 Å². The van der Waals surface area contributed by atoms with Crippen LogP contribution in [0.4, 0.5) is 0 Å². The zero-order valence-electron chi connectivity index (χ0n) is 10.9. The number of hydrogen-bond donors (Lipinski definition) is 2. The topological polar surface area (TPSA) is 20.2 Å². The van der Waals surface area contributed by atoms with Crippen molar-refractivity contribution in [3.63, 3.8) is 0 Å². The second kappa shape index (κ2) is 7.07. The van der Waals surface area contributed by atoms with E-state index < -0.39 is 0 Å². The molecule has 1 aromatic rings. The van der Waals surface area contributed by atoms with Gasteiger partial charge in [-0.25, -0.2) is 0 Å². The van der Waals surface area contributed by atoms with Crippen molar-refractivity contribution in [2.24, 2.45) is 5.41 Å². The van der Waals surface area contributed by atoms with Crippen molar-refractivity contribution in [2.45, 2.75) is 45.6 Å². The standard InChI is InChI=1S/C15H24OS/c1-15(2,14(16)12-17)11-7-6-10-13-8-4-3-5-9-13/h3-5,8-9,14,16-17H,6-7,10-12H2,1-2H3. The van der Waals surface area contributed by atoms with E-state index in [1.165, 1.54) is 12.0 Å². The Labute approximate surface area is 111 Å². The summed E-state index contributed by atoms with van der Waals surface area (Å²) in [6.45, 7) is 4.24. The van der Waals surface area contributed by atoms with Crippen LogP contribution in [0.15, 0.2) is 30.3 Å². The van der Waals surface area contributed by atoms with E-state index in [1.807, 2.05) is 0 Å². The van der Waals surface area contributed by atoms with Crippen molar-refractivity contribution in [3.05, 3.63) is 35.9 Å². The van der Waals surface area contributed by atoms with Gasteiger partial charge in [0.2, 0.25) is 0 Å². The zero-order chi connectivity index (χ0) is 12.7. The maximum Gasteiger partial charge on any atom is 0.0678 e. The molecule has 0 radical (unpaired) electrons. The van der Waals surface area contributed by atoms with Crippen LogP contribution in [0.3, 0.4) is 0 Å². The molecule has 17 heavy (non-hydrogen) atoms. The Balaban J connectivity index is 2.24. The van der Waals surface area contributed by atoms with Gasteiger partial charge in [0.15, 0.2) is 0 Å². The van der Waals surface area contributed by atoms with Crippen molar-refractivity contribution >= 4 is 12.6 Å². The highest BCUT2D eigenvalue weighted by molar-refractivity contribution is 7.80. The van der Waals surface area contributed by atoms with Gasteiger partial charge in [0.1, 0.15) is 0 Å². The molecule has 1 aromatic carbocycles. The first kappa shape index (κ1) is 14.6. The van der Waals surface area contributed by atoms with Gasteiger partial charge in [0, 0.05) is 5.75 Å². The fraction of sp³-hybridized carbons (Fsp3) is 0.600. The number of aliphatic hydroxyl groups is 1. The molecule has 0 saturated heterocycles. The first-order chi connectivity index (χ1) is 8.06. The van der Waals surface area contributed by atoms with Gasteiger partial charge < -0.3 is 5.11 Å². The summed E-state index contributed by atoms with van der Waals surface area (Å²) in [5, 5.41) is 9.83. The fourth-order valence-corrected chi connectivity index (χ4v) is 2.46. The average molecular weight is 252 g/mol. The molecule has 1 rings (SSSR count). The lowest BCUT2D eigenvalue weighted by molar-refractivity contribution is 0.0620. The summed E-state index contributed by atoms with van der Waals surface area (Å²) < 4.78 is 0. The van der Waals surface area contributed by atoms with E-state index in [0.717, 1.165) is 19.3 Å². The van der Waals surface area contributed by atoms with E-state index in [-0.39, 0.29) is 11.5 Å². The van der Waals surface area contributed by atoms with E-state index in [4.69, 9.17) is 0 Å². The van der Waals surface area contributed by atoms with Crippen molar-refractivity contribution in [1.29, 1.82) is 0 Å². The first-order valence-electron chi connectivity index (χ1n) is 6.39. The minimum atomic E-state index is -0.303. The van der Waals surface area contributed by atoms with Crippen LogP contribution in [-0.4, -0.2) is 17.0 Å². The highest BCUT2D eigenvalue weighted by Crippen LogP contribution is 2.28. The summed E-state index contributed by atoms with van der Waals surface area (Å²) in [5.74, 6) is 0.547. The van der Waals surface area contributed by atoms with Crippen LogP contribution in [-0.2, 0) is 6.42 Å². The Morgan fingerprint density at radius 1 is 1.18 bits per heavy atom. The lowest BCUT2D eigenvalue weighted by atomic mass is 9.82. The van der Waals surface area contributed by atoms with Crippen molar-refractivity contribution < 1.29 is 5.11 Å². The Morgan fingerprint density at radius 3 is 2.41 bits per heavy atom. The third-order valence-electron chi connectivity index (χ3n) is 3.45. The Hall–Kier alpha value is -0.470. The van der Waals surface area contributed by atoms with Gasteiger partial charge in [-0.1, -0.05) is 50.6 Å². The lowest BCUT2D eigenvalue weighted by Crippen LogP contribution is -2.30. The number of aryl methyl sites for hydroxylation is 1. The summed E-state index contributed by atoms with van der Waals surface area (Å²) in [6.07, 6.45) is 4.23. The minimum absolute atomic E-state index is 0.0154. The molecule has 1 nitrogen and oxygen atoms in total. The monoisotopic (exact) mass is 252 g/mol. The van der Waals surface area contributed by atoms with Gasteiger partial charge >= 0.3 is 0 Å².